The van der Waals surface area contributed by atoms with Gasteiger partial charge in [0, 0.05) is 5.92 Å². The Labute approximate surface area is 78.7 Å². The summed E-state index contributed by atoms with van der Waals surface area (Å²) in [6, 6.07) is 8.30. The van der Waals surface area contributed by atoms with Gasteiger partial charge in [-0.2, -0.15) is 0 Å². The number of rotatable bonds is 1. The van der Waals surface area contributed by atoms with E-state index in [1.54, 1.807) is 0 Å². The zero-order chi connectivity index (χ0) is 9.26. The molecular formula is C12H14O. The second-order valence-electron chi connectivity index (χ2n) is 3.57. The Morgan fingerprint density at radius 3 is 2.92 bits per heavy atom. The number of hydrogen-bond acceptors (Lipinski definition) is 1. The van der Waals surface area contributed by atoms with Gasteiger partial charge in [0.15, 0.2) is 0 Å². The van der Waals surface area contributed by atoms with Gasteiger partial charge in [-0.25, -0.2) is 0 Å². The SMILES string of the molecule is C=C[C@@H]1c2ccccc2CC[C@H]1O. The molecule has 0 saturated heterocycles. The van der Waals surface area contributed by atoms with E-state index in [1.807, 2.05) is 12.1 Å². The van der Waals surface area contributed by atoms with Crippen LogP contribution in [0.15, 0.2) is 36.9 Å². The first-order chi connectivity index (χ1) is 6.33. The van der Waals surface area contributed by atoms with Crippen molar-refractivity contribution < 1.29 is 5.11 Å². The smallest absolute Gasteiger partial charge is 0.0646 e. The molecule has 0 amide bonds. The lowest BCUT2D eigenvalue weighted by molar-refractivity contribution is 0.142. The van der Waals surface area contributed by atoms with Crippen LogP contribution in [-0.2, 0) is 6.42 Å². The quantitative estimate of drug-likeness (QED) is 0.647. The van der Waals surface area contributed by atoms with E-state index in [4.69, 9.17) is 0 Å². The summed E-state index contributed by atoms with van der Waals surface area (Å²) in [5.41, 5.74) is 2.61. The molecule has 0 radical (unpaired) electrons. The predicted molar refractivity (Wildman–Crippen MR) is 53.7 cm³/mol. The highest BCUT2D eigenvalue weighted by Gasteiger charge is 2.24. The first-order valence-electron chi connectivity index (χ1n) is 4.71. The maximum atomic E-state index is 9.74. The highest BCUT2D eigenvalue weighted by atomic mass is 16.3. The van der Waals surface area contributed by atoms with Crippen LogP contribution in [0, 0.1) is 0 Å². The third-order valence-electron chi connectivity index (χ3n) is 2.79. The number of aliphatic hydroxyl groups excluding tert-OH is 1. The molecule has 0 unspecified atom stereocenters. The second kappa shape index (κ2) is 3.35. The van der Waals surface area contributed by atoms with Crippen molar-refractivity contribution in [3.05, 3.63) is 48.0 Å². The Morgan fingerprint density at radius 1 is 1.38 bits per heavy atom. The number of aliphatic hydroxyl groups is 1. The van der Waals surface area contributed by atoms with Crippen LogP contribution < -0.4 is 0 Å². The molecule has 68 valence electrons. The van der Waals surface area contributed by atoms with E-state index >= 15 is 0 Å². The van der Waals surface area contributed by atoms with Crippen molar-refractivity contribution >= 4 is 0 Å². The minimum Gasteiger partial charge on any atom is -0.392 e. The summed E-state index contributed by atoms with van der Waals surface area (Å²) < 4.78 is 0. The molecule has 1 aliphatic carbocycles. The van der Waals surface area contributed by atoms with Gasteiger partial charge < -0.3 is 5.11 Å². The minimum absolute atomic E-state index is 0.130. The maximum absolute atomic E-state index is 9.74. The second-order valence-corrected chi connectivity index (χ2v) is 3.57. The van der Waals surface area contributed by atoms with E-state index in [0.29, 0.717) is 0 Å². The number of hydrogen-bond donors (Lipinski definition) is 1. The highest BCUT2D eigenvalue weighted by molar-refractivity contribution is 5.36. The van der Waals surface area contributed by atoms with Crippen LogP contribution in [0.3, 0.4) is 0 Å². The molecule has 0 saturated carbocycles. The molecule has 1 heteroatoms. The normalized spacial score (nSPS) is 26.5. The van der Waals surface area contributed by atoms with Gasteiger partial charge in [0.25, 0.3) is 0 Å². The molecule has 1 aliphatic rings. The van der Waals surface area contributed by atoms with Crippen LogP contribution in [-0.4, -0.2) is 11.2 Å². The third kappa shape index (κ3) is 1.40. The summed E-state index contributed by atoms with van der Waals surface area (Å²) in [5.74, 6) is 0.130. The fourth-order valence-electron chi connectivity index (χ4n) is 2.06. The van der Waals surface area contributed by atoms with E-state index in [-0.39, 0.29) is 12.0 Å². The molecule has 13 heavy (non-hydrogen) atoms. The minimum atomic E-state index is -0.243. The van der Waals surface area contributed by atoms with Gasteiger partial charge in [-0.1, -0.05) is 30.3 Å². The molecule has 0 heterocycles. The molecule has 0 fully saturated rings. The molecule has 2 rings (SSSR count). The van der Waals surface area contributed by atoms with Gasteiger partial charge in [0.2, 0.25) is 0 Å². The van der Waals surface area contributed by atoms with E-state index < -0.39 is 0 Å². The summed E-state index contributed by atoms with van der Waals surface area (Å²) in [4.78, 5) is 0. The van der Waals surface area contributed by atoms with Crippen LogP contribution in [0.2, 0.25) is 0 Å². The average molecular weight is 174 g/mol. The number of benzene rings is 1. The predicted octanol–water partition coefficient (Wildman–Crippen LogP) is 2.26. The molecule has 1 aromatic carbocycles. The summed E-state index contributed by atoms with van der Waals surface area (Å²) in [5, 5.41) is 9.74. The zero-order valence-corrected chi connectivity index (χ0v) is 7.61. The van der Waals surface area contributed by atoms with Crippen molar-refractivity contribution in [3.63, 3.8) is 0 Å². The highest BCUT2D eigenvalue weighted by Crippen LogP contribution is 2.32. The summed E-state index contributed by atoms with van der Waals surface area (Å²) in [6.07, 6.45) is 3.45. The Bertz CT molecular complexity index is 317. The van der Waals surface area contributed by atoms with Gasteiger partial charge in [0.1, 0.15) is 0 Å². The van der Waals surface area contributed by atoms with Crippen molar-refractivity contribution in [2.75, 3.05) is 0 Å². The maximum Gasteiger partial charge on any atom is 0.0646 e. The summed E-state index contributed by atoms with van der Waals surface area (Å²) in [7, 11) is 0. The molecule has 1 aromatic rings. The van der Waals surface area contributed by atoms with Crippen LogP contribution in [0.5, 0.6) is 0 Å². The topological polar surface area (TPSA) is 20.2 Å². The van der Waals surface area contributed by atoms with E-state index in [2.05, 4.69) is 24.8 Å². The van der Waals surface area contributed by atoms with Crippen LogP contribution in [0.25, 0.3) is 0 Å². The first kappa shape index (κ1) is 8.52. The zero-order valence-electron chi connectivity index (χ0n) is 7.61. The molecule has 0 aliphatic heterocycles. The lowest BCUT2D eigenvalue weighted by Crippen LogP contribution is -2.23. The molecule has 0 aromatic heterocycles. The van der Waals surface area contributed by atoms with Crippen molar-refractivity contribution in [1.82, 2.24) is 0 Å². The number of fused-ring (bicyclic) bond motifs is 1. The van der Waals surface area contributed by atoms with Crippen LogP contribution in [0.4, 0.5) is 0 Å². The van der Waals surface area contributed by atoms with Gasteiger partial charge >= 0.3 is 0 Å². The van der Waals surface area contributed by atoms with Gasteiger partial charge in [-0.05, 0) is 24.0 Å². The lowest BCUT2D eigenvalue weighted by Gasteiger charge is -2.27. The summed E-state index contributed by atoms with van der Waals surface area (Å²) >= 11 is 0. The van der Waals surface area contributed by atoms with Crippen molar-refractivity contribution in [1.29, 1.82) is 0 Å². The average Bonchev–Trinajstić information content (AvgIpc) is 2.18. The van der Waals surface area contributed by atoms with Crippen LogP contribution in [0.1, 0.15) is 23.5 Å². The Hall–Kier alpha value is -1.08. The monoisotopic (exact) mass is 174 g/mol. The van der Waals surface area contributed by atoms with Gasteiger partial charge in [-0.3, -0.25) is 0 Å². The lowest BCUT2D eigenvalue weighted by atomic mass is 9.81. The Kier molecular flexibility index (Phi) is 2.19. The Morgan fingerprint density at radius 2 is 2.15 bits per heavy atom. The number of aryl methyl sites for hydroxylation is 1. The van der Waals surface area contributed by atoms with E-state index in [1.165, 1.54) is 11.1 Å². The Balaban J connectivity index is 2.45. The largest absolute Gasteiger partial charge is 0.392 e. The first-order valence-corrected chi connectivity index (χ1v) is 4.71. The third-order valence-corrected chi connectivity index (χ3v) is 2.79. The molecule has 1 nitrogen and oxygen atoms in total. The van der Waals surface area contributed by atoms with E-state index in [0.717, 1.165) is 12.8 Å². The molecule has 2 atom stereocenters. The van der Waals surface area contributed by atoms with Gasteiger partial charge in [0.05, 0.1) is 6.10 Å². The van der Waals surface area contributed by atoms with E-state index in [9.17, 15) is 5.11 Å². The van der Waals surface area contributed by atoms with Gasteiger partial charge in [-0.15, -0.1) is 6.58 Å². The molecule has 0 bridgehead atoms. The van der Waals surface area contributed by atoms with Crippen molar-refractivity contribution in [3.8, 4) is 0 Å². The van der Waals surface area contributed by atoms with Crippen molar-refractivity contribution in [2.45, 2.75) is 24.9 Å². The molecular weight excluding hydrogens is 160 g/mol. The van der Waals surface area contributed by atoms with Crippen LogP contribution >= 0.6 is 0 Å². The fraction of sp³-hybridized carbons (Fsp3) is 0.333. The van der Waals surface area contributed by atoms with Crippen molar-refractivity contribution in [2.24, 2.45) is 0 Å². The standard InChI is InChI=1S/C12H14O/c1-2-10-11-6-4-3-5-9(11)7-8-12(10)13/h2-6,10,12-13H,1,7-8H2/t10-,12-/m1/s1. The fourth-order valence-corrected chi connectivity index (χ4v) is 2.06. The molecule has 1 N–H and O–H groups in total. The molecule has 0 spiro atoms. The summed E-state index contributed by atoms with van der Waals surface area (Å²) in [6.45, 7) is 3.77.